The monoisotopic (exact) mass is 275 g/mol. The van der Waals surface area contributed by atoms with Crippen molar-refractivity contribution >= 4 is 23.4 Å². The van der Waals surface area contributed by atoms with Gasteiger partial charge in [-0.2, -0.15) is 0 Å². The third-order valence-corrected chi connectivity index (χ3v) is 2.73. The van der Waals surface area contributed by atoms with Gasteiger partial charge in [0.2, 0.25) is 5.91 Å². The number of anilines is 1. The summed E-state index contributed by atoms with van der Waals surface area (Å²) in [7, 11) is 0. The fourth-order valence-electron chi connectivity index (χ4n) is 1.85. The van der Waals surface area contributed by atoms with Crippen molar-refractivity contribution in [3.05, 3.63) is 29.8 Å². The van der Waals surface area contributed by atoms with Crippen molar-refractivity contribution in [1.29, 1.82) is 0 Å². The Morgan fingerprint density at radius 3 is 2.70 bits per heavy atom. The quantitative estimate of drug-likeness (QED) is 0.619. The third kappa shape index (κ3) is 3.81. The number of aliphatic imine (C=N–C) groups is 1. The van der Waals surface area contributed by atoms with E-state index >= 15 is 0 Å². The molecule has 1 aromatic carbocycles. The third-order valence-electron chi connectivity index (χ3n) is 2.73. The van der Waals surface area contributed by atoms with Gasteiger partial charge in [-0.15, -0.1) is 0 Å². The van der Waals surface area contributed by atoms with E-state index in [0.29, 0.717) is 5.69 Å². The Kier molecular flexibility index (Phi) is 4.70. The number of ether oxygens (including phenoxy) is 1. The predicted octanol–water partition coefficient (Wildman–Crippen LogP) is 0.928. The van der Waals surface area contributed by atoms with E-state index in [9.17, 15) is 9.59 Å². The fourth-order valence-corrected chi connectivity index (χ4v) is 1.85. The summed E-state index contributed by atoms with van der Waals surface area (Å²) in [6, 6.07) is 7.30. The molecular weight excluding hydrogens is 258 g/mol. The number of carbonyl (C=O) groups is 2. The van der Waals surface area contributed by atoms with E-state index in [4.69, 9.17) is 4.74 Å². The number of amides is 1. The van der Waals surface area contributed by atoms with Crippen LogP contribution in [0.3, 0.4) is 0 Å². The second kappa shape index (κ2) is 6.70. The second-order valence-corrected chi connectivity index (χ2v) is 4.26. The number of carbonyl (C=O) groups excluding carboxylic acids is 2. The minimum Gasteiger partial charge on any atom is -0.466 e. The molecule has 6 nitrogen and oxygen atoms in total. The first-order valence-electron chi connectivity index (χ1n) is 6.53. The number of benzene rings is 1. The van der Waals surface area contributed by atoms with E-state index in [1.165, 1.54) is 0 Å². The zero-order valence-corrected chi connectivity index (χ0v) is 11.3. The Morgan fingerprint density at radius 2 is 2.10 bits per heavy atom. The van der Waals surface area contributed by atoms with E-state index in [-0.39, 0.29) is 18.9 Å². The fraction of sp³-hybridized carbons (Fsp3) is 0.357. The molecule has 0 saturated heterocycles. The zero-order valence-electron chi connectivity index (χ0n) is 11.3. The first-order valence-corrected chi connectivity index (χ1v) is 6.53. The van der Waals surface area contributed by atoms with E-state index < -0.39 is 5.97 Å². The molecule has 0 bridgehead atoms. The van der Waals surface area contributed by atoms with Gasteiger partial charge in [-0.3, -0.25) is 14.6 Å². The van der Waals surface area contributed by atoms with E-state index in [0.717, 1.165) is 24.5 Å². The molecule has 1 aliphatic rings. The van der Waals surface area contributed by atoms with Crippen LogP contribution < -0.4 is 10.6 Å². The maximum absolute atomic E-state index is 11.6. The molecule has 106 valence electrons. The van der Waals surface area contributed by atoms with Gasteiger partial charge >= 0.3 is 5.97 Å². The molecular formula is C14H17N3O3. The molecule has 1 aliphatic heterocycles. The number of esters is 1. The molecule has 0 saturated carbocycles. The summed E-state index contributed by atoms with van der Waals surface area (Å²) >= 11 is 0. The van der Waals surface area contributed by atoms with E-state index in [1.54, 1.807) is 19.1 Å². The summed E-state index contributed by atoms with van der Waals surface area (Å²) in [5.74, 6) is -0.0342. The molecule has 0 radical (unpaired) electrons. The largest absolute Gasteiger partial charge is 0.466 e. The Labute approximate surface area is 117 Å². The second-order valence-electron chi connectivity index (χ2n) is 4.26. The van der Waals surface area contributed by atoms with Crippen LogP contribution in [0.15, 0.2) is 29.3 Å². The summed E-state index contributed by atoms with van der Waals surface area (Å²) in [5.41, 5.74) is 1.62. The maximum atomic E-state index is 11.6. The number of rotatable bonds is 5. The lowest BCUT2D eigenvalue weighted by Crippen LogP contribution is -2.20. The molecule has 0 fully saturated rings. The SMILES string of the molecule is CCOC(=O)CC(=O)Nc1ccc(C2=NCCN2)cc1. The van der Waals surface area contributed by atoms with Gasteiger partial charge in [-0.05, 0) is 31.2 Å². The molecule has 1 aromatic rings. The average molecular weight is 275 g/mol. The van der Waals surface area contributed by atoms with Gasteiger partial charge in [0, 0.05) is 17.8 Å². The van der Waals surface area contributed by atoms with Crippen molar-refractivity contribution in [2.75, 3.05) is 25.0 Å². The lowest BCUT2D eigenvalue weighted by molar-refractivity contribution is -0.145. The predicted molar refractivity (Wildman–Crippen MR) is 75.7 cm³/mol. The van der Waals surface area contributed by atoms with Crippen LogP contribution in [0.2, 0.25) is 0 Å². The first-order chi connectivity index (χ1) is 9.69. The molecule has 1 heterocycles. The summed E-state index contributed by atoms with van der Waals surface area (Å²) in [5, 5.41) is 5.82. The molecule has 20 heavy (non-hydrogen) atoms. The van der Waals surface area contributed by atoms with Crippen molar-refractivity contribution in [3.8, 4) is 0 Å². The summed E-state index contributed by atoms with van der Waals surface area (Å²) in [6.07, 6.45) is -0.274. The van der Waals surface area contributed by atoms with Crippen molar-refractivity contribution in [1.82, 2.24) is 5.32 Å². The molecule has 2 rings (SSSR count). The number of hydrogen-bond acceptors (Lipinski definition) is 5. The van der Waals surface area contributed by atoms with Crippen LogP contribution in [0.1, 0.15) is 18.9 Å². The Bertz CT molecular complexity index is 523. The Morgan fingerprint density at radius 1 is 1.35 bits per heavy atom. The Hall–Kier alpha value is -2.37. The van der Waals surface area contributed by atoms with Crippen LogP contribution in [0, 0.1) is 0 Å². The van der Waals surface area contributed by atoms with Gasteiger partial charge in [0.15, 0.2) is 0 Å². The molecule has 0 spiro atoms. The highest BCUT2D eigenvalue weighted by molar-refractivity contribution is 6.03. The molecule has 0 aliphatic carbocycles. The van der Waals surface area contributed by atoms with E-state index in [1.807, 2.05) is 12.1 Å². The van der Waals surface area contributed by atoms with Crippen LogP contribution in [-0.2, 0) is 14.3 Å². The van der Waals surface area contributed by atoms with Crippen LogP contribution in [0.4, 0.5) is 5.69 Å². The smallest absolute Gasteiger partial charge is 0.315 e. The summed E-state index contributed by atoms with van der Waals surface area (Å²) in [4.78, 5) is 27.1. The normalized spacial score (nSPS) is 13.3. The highest BCUT2D eigenvalue weighted by Crippen LogP contribution is 2.11. The van der Waals surface area contributed by atoms with Crippen molar-refractivity contribution < 1.29 is 14.3 Å². The van der Waals surface area contributed by atoms with Crippen LogP contribution in [0.25, 0.3) is 0 Å². The highest BCUT2D eigenvalue weighted by atomic mass is 16.5. The molecule has 6 heteroatoms. The lowest BCUT2D eigenvalue weighted by Gasteiger charge is -2.07. The Balaban J connectivity index is 1.90. The number of hydrogen-bond donors (Lipinski definition) is 2. The van der Waals surface area contributed by atoms with Crippen LogP contribution >= 0.6 is 0 Å². The molecule has 0 unspecified atom stereocenters. The van der Waals surface area contributed by atoms with Gasteiger partial charge in [0.1, 0.15) is 12.3 Å². The minimum absolute atomic E-state index is 0.274. The van der Waals surface area contributed by atoms with Crippen molar-refractivity contribution in [2.24, 2.45) is 4.99 Å². The lowest BCUT2D eigenvalue weighted by atomic mass is 10.2. The number of nitrogens with one attached hydrogen (secondary N) is 2. The van der Waals surface area contributed by atoms with Gasteiger partial charge in [-0.25, -0.2) is 0 Å². The van der Waals surface area contributed by atoms with Gasteiger partial charge < -0.3 is 15.4 Å². The maximum Gasteiger partial charge on any atom is 0.315 e. The van der Waals surface area contributed by atoms with Gasteiger partial charge in [0.25, 0.3) is 0 Å². The zero-order chi connectivity index (χ0) is 14.4. The topological polar surface area (TPSA) is 79.8 Å². The standard InChI is InChI=1S/C14H17N3O3/c1-2-20-13(19)9-12(18)17-11-5-3-10(4-6-11)14-15-7-8-16-14/h3-6H,2,7-9H2,1H3,(H,15,16)(H,17,18). The number of amidine groups is 1. The average Bonchev–Trinajstić information content (AvgIpc) is 2.93. The molecule has 2 N–H and O–H groups in total. The summed E-state index contributed by atoms with van der Waals surface area (Å²) in [6.45, 7) is 3.62. The molecule has 0 atom stereocenters. The van der Waals surface area contributed by atoms with Crippen molar-refractivity contribution in [2.45, 2.75) is 13.3 Å². The molecule has 1 amide bonds. The van der Waals surface area contributed by atoms with Crippen molar-refractivity contribution in [3.63, 3.8) is 0 Å². The van der Waals surface area contributed by atoms with Crippen LogP contribution in [-0.4, -0.2) is 37.4 Å². The van der Waals surface area contributed by atoms with Crippen LogP contribution in [0.5, 0.6) is 0 Å². The van der Waals surface area contributed by atoms with Gasteiger partial charge in [0.05, 0.1) is 13.2 Å². The summed E-state index contributed by atoms with van der Waals surface area (Å²) < 4.78 is 4.71. The molecule has 0 aromatic heterocycles. The van der Waals surface area contributed by atoms with Gasteiger partial charge in [-0.1, -0.05) is 0 Å². The van der Waals surface area contributed by atoms with E-state index in [2.05, 4.69) is 15.6 Å². The first kappa shape index (κ1) is 14.0. The number of nitrogens with zero attached hydrogens (tertiary/aromatic N) is 1. The highest BCUT2D eigenvalue weighted by Gasteiger charge is 2.11. The minimum atomic E-state index is -0.522.